The summed E-state index contributed by atoms with van der Waals surface area (Å²) < 4.78 is 23.0. The number of carbonyl (C=O) groups excluding carboxylic acids is 2. The van der Waals surface area contributed by atoms with Gasteiger partial charge in [-0.1, -0.05) is 330 Å². The molecule has 2 unspecified atom stereocenters. The van der Waals surface area contributed by atoms with E-state index in [4.69, 9.17) is 18.9 Å². The first-order valence-corrected chi connectivity index (χ1v) is 37.8. The molecule has 0 heterocycles. The number of hydrogen-bond acceptors (Lipinski definition) is 7. The van der Waals surface area contributed by atoms with E-state index in [9.17, 15) is 19.5 Å². The van der Waals surface area contributed by atoms with Crippen LogP contribution in [0.5, 0.6) is 0 Å². The molecule has 0 rings (SSSR count). The summed E-state index contributed by atoms with van der Waals surface area (Å²) >= 11 is 0. The number of likely N-dealkylation sites (N-methyl/N-ethyl adjacent to an activating group) is 1. The molecule has 0 aromatic heterocycles. The number of carboxylic acids is 1. The standard InChI is InChI=1S/C80H143NO8/c1-6-8-10-12-14-16-18-20-22-24-26-28-30-32-34-36-37-38-39-40-41-43-45-47-49-51-53-55-57-59-61-63-65-67-69-71-78(83)89-76(75-88-80(79(84)85)86-73-72-81(3,4)5)74-87-77(82)70-68-66-64-62-60-58-56-54-52-50-48-46-44-42-35-33-31-29-27-25-23-21-19-17-15-13-11-9-7-2/h8,10,14,16,19-22,25-28,32,34,76,80H,6-7,9,11-13,15,17-18,23-24,29-31,33,35-75H2,1-5H3/p+1/b10-8-,16-14-,21-19-,22-20-,27-25-,28-26-,34-32-. The van der Waals surface area contributed by atoms with Crippen molar-refractivity contribution in [2.24, 2.45) is 0 Å². The molecule has 0 spiro atoms. The van der Waals surface area contributed by atoms with Crippen LogP contribution in [-0.4, -0.2) is 87.4 Å². The summed E-state index contributed by atoms with van der Waals surface area (Å²) in [6.07, 6.45) is 92.9. The van der Waals surface area contributed by atoms with Crippen molar-refractivity contribution in [2.45, 2.75) is 360 Å². The van der Waals surface area contributed by atoms with Crippen LogP contribution in [0.15, 0.2) is 85.1 Å². The number of quaternary nitrogens is 1. The van der Waals surface area contributed by atoms with Crippen molar-refractivity contribution in [1.29, 1.82) is 0 Å². The van der Waals surface area contributed by atoms with Crippen LogP contribution >= 0.6 is 0 Å². The smallest absolute Gasteiger partial charge is 0.361 e. The molecule has 89 heavy (non-hydrogen) atoms. The first-order valence-electron chi connectivity index (χ1n) is 37.8. The lowest BCUT2D eigenvalue weighted by molar-refractivity contribution is -0.870. The maximum Gasteiger partial charge on any atom is 0.361 e. The molecule has 0 aromatic carbocycles. The molecule has 0 saturated heterocycles. The highest BCUT2D eigenvalue weighted by Crippen LogP contribution is 2.19. The molecule has 9 heteroatoms. The van der Waals surface area contributed by atoms with Gasteiger partial charge in [-0.15, -0.1) is 0 Å². The molecule has 2 atom stereocenters. The first kappa shape index (κ1) is 85.5. The van der Waals surface area contributed by atoms with Gasteiger partial charge in [0, 0.05) is 12.8 Å². The second-order valence-corrected chi connectivity index (χ2v) is 26.6. The van der Waals surface area contributed by atoms with Gasteiger partial charge in [0.2, 0.25) is 0 Å². The zero-order valence-corrected chi connectivity index (χ0v) is 59.1. The van der Waals surface area contributed by atoms with E-state index in [0.717, 1.165) is 77.0 Å². The topological polar surface area (TPSA) is 108 Å². The Labute approximate surface area is 550 Å². The van der Waals surface area contributed by atoms with Crippen molar-refractivity contribution in [1.82, 2.24) is 0 Å². The number of nitrogens with zero attached hydrogens (tertiary/aromatic N) is 1. The molecule has 0 aliphatic rings. The van der Waals surface area contributed by atoms with Gasteiger partial charge in [0.25, 0.3) is 6.29 Å². The molecule has 0 fully saturated rings. The van der Waals surface area contributed by atoms with Gasteiger partial charge in [-0.3, -0.25) is 9.59 Å². The molecule has 0 saturated carbocycles. The van der Waals surface area contributed by atoms with Gasteiger partial charge in [-0.25, -0.2) is 4.79 Å². The number of unbranched alkanes of at least 4 members (excludes halogenated alkanes) is 41. The zero-order chi connectivity index (χ0) is 64.7. The highest BCUT2D eigenvalue weighted by Gasteiger charge is 2.25. The fourth-order valence-electron chi connectivity index (χ4n) is 10.9. The van der Waals surface area contributed by atoms with Crippen molar-refractivity contribution in [3.8, 4) is 0 Å². The Morgan fingerprint density at radius 3 is 0.955 bits per heavy atom. The predicted molar refractivity (Wildman–Crippen MR) is 382 cm³/mol. The molecule has 0 amide bonds. The van der Waals surface area contributed by atoms with Crippen molar-refractivity contribution in [3.05, 3.63) is 85.1 Å². The lowest BCUT2D eigenvalue weighted by Gasteiger charge is -2.25. The van der Waals surface area contributed by atoms with Gasteiger partial charge >= 0.3 is 17.9 Å². The summed E-state index contributed by atoms with van der Waals surface area (Å²) in [5, 5.41) is 9.76. The minimum atomic E-state index is -1.51. The van der Waals surface area contributed by atoms with Crippen LogP contribution in [0, 0.1) is 0 Å². The zero-order valence-electron chi connectivity index (χ0n) is 59.1. The van der Waals surface area contributed by atoms with Crippen LogP contribution < -0.4 is 0 Å². The number of rotatable bonds is 70. The Bertz CT molecular complexity index is 1740. The number of ether oxygens (including phenoxy) is 4. The number of esters is 2. The molecule has 1 N–H and O–H groups in total. The van der Waals surface area contributed by atoms with Crippen LogP contribution in [-0.2, 0) is 33.3 Å². The van der Waals surface area contributed by atoms with Gasteiger partial charge in [0.1, 0.15) is 13.2 Å². The van der Waals surface area contributed by atoms with Crippen molar-refractivity contribution < 1.29 is 42.9 Å². The minimum absolute atomic E-state index is 0.180. The van der Waals surface area contributed by atoms with Crippen molar-refractivity contribution in [2.75, 3.05) is 47.5 Å². The number of aliphatic carboxylic acids is 1. The molecule has 9 nitrogen and oxygen atoms in total. The second kappa shape index (κ2) is 70.3. The summed E-state index contributed by atoms with van der Waals surface area (Å²) in [6.45, 7) is 4.80. The fraction of sp³-hybridized carbons (Fsp3) is 0.787. The third-order valence-electron chi connectivity index (χ3n) is 16.6. The van der Waals surface area contributed by atoms with Gasteiger partial charge in [-0.2, -0.15) is 0 Å². The summed E-state index contributed by atoms with van der Waals surface area (Å²) in [4.78, 5) is 37.7. The molecule has 0 aliphatic heterocycles. The van der Waals surface area contributed by atoms with Crippen LogP contribution in [0.3, 0.4) is 0 Å². The van der Waals surface area contributed by atoms with E-state index in [0.29, 0.717) is 17.4 Å². The molecule has 0 radical (unpaired) electrons. The molecule has 0 bridgehead atoms. The number of hydrogen-bond donors (Lipinski definition) is 1. The van der Waals surface area contributed by atoms with E-state index >= 15 is 0 Å². The van der Waals surface area contributed by atoms with Gasteiger partial charge in [-0.05, 0) is 89.9 Å². The second-order valence-electron chi connectivity index (χ2n) is 26.6. The molecular weight excluding hydrogens is 1100 g/mol. The van der Waals surface area contributed by atoms with Gasteiger partial charge < -0.3 is 28.5 Å². The van der Waals surface area contributed by atoms with Gasteiger partial charge in [0.15, 0.2) is 6.10 Å². The average molecular weight is 1250 g/mol. The van der Waals surface area contributed by atoms with E-state index in [1.54, 1.807) is 0 Å². The quantitative estimate of drug-likeness (QED) is 0.0211. The monoisotopic (exact) mass is 1250 g/mol. The Kier molecular flexibility index (Phi) is 67.6. The molecular formula is C80H144NO8+. The molecule has 0 aromatic rings. The molecule has 516 valence electrons. The highest BCUT2D eigenvalue weighted by molar-refractivity contribution is 5.71. The Balaban J connectivity index is 4.04. The lowest BCUT2D eigenvalue weighted by atomic mass is 10.0. The number of carbonyl (C=O) groups is 3. The SMILES string of the molecule is CC/C=C\C/C=C\C/C=C\C/C=C\C/C=C\CCCCCCCCCCCCCCCCCCCCCC(=O)OC(COC(=O)CCCCCCCCCCCCCCCCCCC/C=C\C/C=C\CCCCCCC)COC(OCC[N+](C)(C)C)C(=O)O. The maximum absolute atomic E-state index is 13.0. The van der Waals surface area contributed by atoms with E-state index in [1.165, 1.54) is 244 Å². The Morgan fingerprint density at radius 1 is 0.348 bits per heavy atom. The van der Waals surface area contributed by atoms with Crippen LogP contribution in [0.2, 0.25) is 0 Å². The van der Waals surface area contributed by atoms with Gasteiger partial charge in [0.05, 0.1) is 34.4 Å². The lowest BCUT2D eigenvalue weighted by Crippen LogP contribution is -2.40. The number of allylic oxidation sites excluding steroid dienone is 14. The summed E-state index contributed by atoms with van der Waals surface area (Å²) in [6, 6.07) is 0. The molecule has 0 aliphatic carbocycles. The average Bonchev–Trinajstić information content (AvgIpc) is 3.64. The van der Waals surface area contributed by atoms with E-state index in [2.05, 4.69) is 98.9 Å². The third kappa shape index (κ3) is 71.8. The highest BCUT2D eigenvalue weighted by atomic mass is 16.7. The van der Waals surface area contributed by atoms with E-state index in [1.807, 2.05) is 21.1 Å². The summed E-state index contributed by atoms with van der Waals surface area (Å²) in [5.74, 6) is -1.98. The van der Waals surface area contributed by atoms with E-state index < -0.39 is 18.4 Å². The predicted octanol–water partition coefficient (Wildman–Crippen LogP) is 23.8. The fourth-order valence-corrected chi connectivity index (χ4v) is 10.9. The largest absolute Gasteiger partial charge is 0.477 e. The van der Waals surface area contributed by atoms with Crippen molar-refractivity contribution >= 4 is 17.9 Å². The Morgan fingerprint density at radius 2 is 0.640 bits per heavy atom. The number of carboxylic acid groups (broad SMARTS) is 1. The third-order valence-corrected chi connectivity index (χ3v) is 16.6. The normalized spacial score (nSPS) is 13.1. The first-order chi connectivity index (χ1) is 43.6. The summed E-state index contributed by atoms with van der Waals surface area (Å²) in [7, 11) is 5.99. The maximum atomic E-state index is 13.0. The Hall–Kier alpha value is -3.53. The van der Waals surface area contributed by atoms with Crippen molar-refractivity contribution in [3.63, 3.8) is 0 Å². The van der Waals surface area contributed by atoms with Crippen LogP contribution in [0.4, 0.5) is 0 Å². The van der Waals surface area contributed by atoms with Crippen LogP contribution in [0.1, 0.15) is 348 Å². The minimum Gasteiger partial charge on any atom is -0.477 e. The van der Waals surface area contributed by atoms with Crippen LogP contribution in [0.25, 0.3) is 0 Å². The van der Waals surface area contributed by atoms with E-state index in [-0.39, 0.29) is 38.2 Å². The summed E-state index contributed by atoms with van der Waals surface area (Å²) in [5.41, 5.74) is 0.